The minimum Gasteiger partial charge on any atom is -0.496 e. The molecule has 0 aliphatic carbocycles. The van der Waals surface area contributed by atoms with E-state index in [2.05, 4.69) is 15.3 Å². The normalized spacial score (nSPS) is 10.3. The largest absolute Gasteiger partial charge is 0.496 e. The summed E-state index contributed by atoms with van der Waals surface area (Å²) in [5.41, 5.74) is 0.930. The molecule has 2 aromatic heterocycles. The van der Waals surface area contributed by atoms with Crippen LogP contribution in [0.5, 0.6) is 5.75 Å². The number of imidazole rings is 1. The monoisotopic (exact) mass is 328 g/mol. The van der Waals surface area contributed by atoms with Crippen molar-refractivity contribution in [2.75, 3.05) is 12.4 Å². The summed E-state index contributed by atoms with van der Waals surface area (Å²) in [5, 5.41) is 3.23. The Kier molecular flexibility index (Phi) is 4.25. The summed E-state index contributed by atoms with van der Waals surface area (Å²) >= 11 is 5.94. The lowest BCUT2D eigenvalue weighted by Crippen LogP contribution is -2.13. The third kappa shape index (κ3) is 3.32. The lowest BCUT2D eigenvalue weighted by Gasteiger charge is -2.10. The minimum atomic E-state index is -0.318. The van der Waals surface area contributed by atoms with Gasteiger partial charge in [-0.05, 0) is 30.3 Å². The van der Waals surface area contributed by atoms with Crippen molar-refractivity contribution in [3.05, 3.63) is 65.8 Å². The van der Waals surface area contributed by atoms with Crippen molar-refractivity contribution in [1.82, 2.24) is 14.5 Å². The number of carbonyl (C=O) groups is 1. The van der Waals surface area contributed by atoms with E-state index in [1.807, 2.05) is 0 Å². The molecule has 0 unspecified atom stereocenters. The molecule has 23 heavy (non-hydrogen) atoms. The molecule has 116 valence electrons. The molecule has 0 saturated carbocycles. The first-order valence-electron chi connectivity index (χ1n) is 6.76. The van der Waals surface area contributed by atoms with Gasteiger partial charge in [0.1, 0.15) is 17.9 Å². The Morgan fingerprint density at radius 3 is 2.83 bits per heavy atom. The number of anilines is 1. The zero-order chi connectivity index (χ0) is 16.2. The summed E-state index contributed by atoms with van der Waals surface area (Å²) in [7, 11) is 1.50. The average Bonchev–Trinajstić information content (AvgIpc) is 3.10. The fourth-order valence-corrected chi connectivity index (χ4v) is 2.24. The van der Waals surface area contributed by atoms with E-state index >= 15 is 0 Å². The first-order chi connectivity index (χ1) is 11.2. The number of hydrogen-bond donors (Lipinski definition) is 1. The van der Waals surface area contributed by atoms with Gasteiger partial charge in [-0.1, -0.05) is 11.6 Å². The molecule has 0 atom stereocenters. The van der Waals surface area contributed by atoms with Gasteiger partial charge < -0.3 is 10.1 Å². The van der Waals surface area contributed by atoms with Gasteiger partial charge in [-0.25, -0.2) is 9.97 Å². The van der Waals surface area contributed by atoms with Gasteiger partial charge in [0.25, 0.3) is 5.91 Å². The van der Waals surface area contributed by atoms with Crippen LogP contribution in [0.1, 0.15) is 10.4 Å². The number of benzene rings is 1. The summed E-state index contributed by atoms with van der Waals surface area (Å²) < 4.78 is 6.95. The van der Waals surface area contributed by atoms with Gasteiger partial charge in [-0.15, -0.1) is 0 Å². The van der Waals surface area contributed by atoms with Gasteiger partial charge in [0, 0.05) is 17.4 Å². The smallest absolute Gasteiger partial charge is 0.259 e. The van der Waals surface area contributed by atoms with Crippen molar-refractivity contribution in [3.8, 4) is 11.6 Å². The second-order valence-corrected chi connectivity index (χ2v) is 5.11. The Bertz CT molecular complexity index is 817. The number of ether oxygens (including phenoxy) is 1. The van der Waals surface area contributed by atoms with Gasteiger partial charge in [-0.3, -0.25) is 9.36 Å². The Morgan fingerprint density at radius 1 is 1.30 bits per heavy atom. The number of halogens is 1. The summed E-state index contributed by atoms with van der Waals surface area (Å²) in [6.07, 6.45) is 6.68. The molecule has 1 aromatic carbocycles. The van der Waals surface area contributed by atoms with Crippen molar-refractivity contribution < 1.29 is 9.53 Å². The molecule has 0 fully saturated rings. The third-order valence-corrected chi connectivity index (χ3v) is 3.42. The first-order valence-corrected chi connectivity index (χ1v) is 7.14. The Morgan fingerprint density at radius 2 is 2.17 bits per heavy atom. The Hall–Kier alpha value is -2.86. The molecule has 0 aliphatic heterocycles. The molecule has 0 radical (unpaired) electrons. The molecule has 3 rings (SSSR count). The highest BCUT2D eigenvalue weighted by Crippen LogP contribution is 2.23. The molecule has 1 N–H and O–H groups in total. The van der Waals surface area contributed by atoms with E-state index in [1.54, 1.807) is 59.8 Å². The molecule has 0 spiro atoms. The van der Waals surface area contributed by atoms with E-state index < -0.39 is 0 Å². The molecule has 7 heteroatoms. The molecule has 1 amide bonds. The van der Waals surface area contributed by atoms with Crippen molar-refractivity contribution in [3.63, 3.8) is 0 Å². The maximum absolute atomic E-state index is 12.4. The molecular formula is C16H13ClN4O2. The van der Waals surface area contributed by atoms with Crippen molar-refractivity contribution in [1.29, 1.82) is 0 Å². The predicted molar refractivity (Wildman–Crippen MR) is 87.3 cm³/mol. The van der Waals surface area contributed by atoms with Gasteiger partial charge in [-0.2, -0.15) is 0 Å². The Labute approximate surface area is 137 Å². The molecule has 3 aromatic rings. The number of amides is 1. The highest BCUT2D eigenvalue weighted by molar-refractivity contribution is 6.31. The van der Waals surface area contributed by atoms with E-state index in [0.29, 0.717) is 27.8 Å². The molecule has 6 nitrogen and oxygen atoms in total. The van der Waals surface area contributed by atoms with E-state index in [-0.39, 0.29) is 5.91 Å². The summed E-state index contributed by atoms with van der Waals surface area (Å²) in [6.45, 7) is 0. The van der Waals surface area contributed by atoms with Crippen LogP contribution in [0, 0.1) is 0 Å². The maximum Gasteiger partial charge on any atom is 0.259 e. The van der Waals surface area contributed by atoms with Gasteiger partial charge >= 0.3 is 0 Å². The number of nitrogens with zero attached hydrogens (tertiary/aromatic N) is 3. The standard InChI is InChI=1S/C16H13ClN4O2/c1-23-14-4-2-11(17)8-13(14)16(22)20-12-3-5-15(19-9-12)21-7-6-18-10-21/h2-10H,1H3,(H,20,22). The maximum atomic E-state index is 12.4. The zero-order valence-corrected chi connectivity index (χ0v) is 13.0. The van der Waals surface area contributed by atoms with E-state index in [0.717, 1.165) is 0 Å². The van der Waals surface area contributed by atoms with Crippen molar-refractivity contribution in [2.24, 2.45) is 0 Å². The van der Waals surface area contributed by atoms with E-state index in [4.69, 9.17) is 16.3 Å². The fraction of sp³-hybridized carbons (Fsp3) is 0.0625. The Balaban J connectivity index is 1.79. The average molecular weight is 329 g/mol. The second kappa shape index (κ2) is 6.50. The number of aromatic nitrogens is 3. The molecular weight excluding hydrogens is 316 g/mol. The van der Waals surface area contributed by atoms with Crippen molar-refractivity contribution in [2.45, 2.75) is 0 Å². The van der Waals surface area contributed by atoms with E-state index in [9.17, 15) is 4.79 Å². The highest BCUT2D eigenvalue weighted by atomic mass is 35.5. The predicted octanol–water partition coefficient (Wildman–Crippen LogP) is 3.18. The third-order valence-electron chi connectivity index (χ3n) is 3.18. The second-order valence-electron chi connectivity index (χ2n) is 4.67. The topological polar surface area (TPSA) is 69.0 Å². The first kappa shape index (κ1) is 15.1. The number of carbonyl (C=O) groups excluding carboxylic acids is 1. The van der Waals surface area contributed by atoms with Gasteiger partial charge in [0.15, 0.2) is 0 Å². The fourth-order valence-electron chi connectivity index (χ4n) is 2.06. The molecule has 0 saturated heterocycles. The molecule has 0 aliphatic rings. The van der Waals surface area contributed by atoms with Gasteiger partial charge in [0.05, 0.1) is 24.6 Å². The molecule has 0 bridgehead atoms. The van der Waals surface area contributed by atoms with E-state index in [1.165, 1.54) is 7.11 Å². The van der Waals surface area contributed by atoms with Crippen LogP contribution in [0.4, 0.5) is 5.69 Å². The van der Waals surface area contributed by atoms with Crippen LogP contribution in [0.25, 0.3) is 5.82 Å². The quantitative estimate of drug-likeness (QED) is 0.798. The van der Waals surface area contributed by atoms with Crippen LogP contribution >= 0.6 is 11.6 Å². The minimum absolute atomic E-state index is 0.318. The van der Waals surface area contributed by atoms with Crippen LogP contribution in [0.15, 0.2) is 55.2 Å². The summed E-state index contributed by atoms with van der Waals surface area (Å²) in [6, 6.07) is 8.42. The summed E-state index contributed by atoms with van der Waals surface area (Å²) in [5.74, 6) is 0.845. The number of methoxy groups -OCH3 is 1. The SMILES string of the molecule is COc1ccc(Cl)cc1C(=O)Nc1ccc(-n2ccnc2)nc1. The van der Waals surface area contributed by atoms with Crippen LogP contribution in [0.2, 0.25) is 5.02 Å². The summed E-state index contributed by atoms with van der Waals surface area (Å²) in [4.78, 5) is 20.6. The number of pyridine rings is 1. The van der Waals surface area contributed by atoms with Gasteiger partial charge in [0.2, 0.25) is 0 Å². The number of hydrogen-bond acceptors (Lipinski definition) is 4. The van der Waals surface area contributed by atoms with Crippen LogP contribution < -0.4 is 10.1 Å². The van der Waals surface area contributed by atoms with Crippen LogP contribution in [-0.4, -0.2) is 27.6 Å². The lowest BCUT2D eigenvalue weighted by molar-refractivity contribution is 0.102. The number of nitrogens with one attached hydrogen (secondary N) is 1. The number of rotatable bonds is 4. The van der Waals surface area contributed by atoms with Crippen LogP contribution in [-0.2, 0) is 0 Å². The van der Waals surface area contributed by atoms with Crippen LogP contribution in [0.3, 0.4) is 0 Å². The zero-order valence-electron chi connectivity index (χ0n) is 12.2. The molecule has 2 heterocycles. The highest BCUT2D eigenvalue weighted by Gasteiger charge is 2.13. The van der Waals surface area contributed by atoms with Crippen molar-refractivity contribution >= 4 is 23.2 Å². The lowest BCUT2D eigenvalue weighted by atomic mass is 10.2.